The molecule has 1 aromatic rings. The maximum absolute atomic E-state index is 11.5. The van der Waals surface area contributed by atoms with Gasteiger partial charge in [-0.1, -0.05) is 6.32 Å². The number of nitro groups is 1. The number of aryl methyl sites for hydroxylation is 1. The first-order valence-corrected chi connectivity index (χ1v) is 4.35. The Hall–Kier alpha value is -1.79. The third-order valence-electron chi connectivity index (χ3n) is 1.86. The Morgan fingerprint density at radius 2 is 2.40 bits per heavy atom. The molecule has 15 heavy (non-hydrogen) atoms. The van der Waals surface area contributed by atoms with E-state index in [0.717, 1.165) is 0 Å². The van der Waals surface area contributed by atoms with E-state index in [1.165, 1.54) is 16.8 Å². The number of hydrogen-bond donors (Lipinski definition) is 1. The molecule has 0 aliphatic heterocycles. The van der Waals surface area contributed by atoms with Gasteiger partial charge in [0.1, 0.15) is 5.69 Å². The summed E-state index contributed by atoms with van der Waals surface area (Å²) in [6, 6.07) is 1.23. The highest BCUT2D eigenvalue weighted by Gasteiger charge is 2.16. The van der Waals surface area contributed by atoms with Gasteiger partial charge in [-0.05, 0) is 0 Å². The quantitative estimate of drug-likeness (QED) is 0.436. The third kappa shape index (κ3) is 2.58. The minimum Gasteiger partial charge on any atom is -0.352 e. The van der Waals surface area contributed by atoms with Gasteiger partial charge in [0.05, 0.1) is 19.0 Å². The summed E-state index contributed by atoms with van der Waals surface area (Å²) in [4.78, 5) is 21.4. The van der Waals surface area contributed by atoms with Crippen LogP contribution in [0.5, 0.6) is 0 Å². The second-order valence-corrected chi connectivity index (χ2v) is 3.00. The largest absolute Gasteiger partial charge is 0.352 e. The Balaban J connectivity index is 2.85. The summed E-state index contributed by atoms with van der Waals surface area (Å²) in [6.07, 6.45) is 1.62. The van der Waals surface area contributed by atoms with Gasteiger partial charge in [-0.15, -0.1) is 0 Å². The van der Waals surface area contributed by atoms with Crippen LogP contribution < -0.4 is 5.32 Å². The van der Waals surface area contributed by atoms with Crippen LogP contribution in [0.25, 0.3) is 0 Å². The van der Waals surface area contributed by atoms with Gasteiger partial charge in [-0.3, -0.25) is 14.9 Å². The van der Waals surface area contributed by atoms with Crippen molar-refractivity contribution < 1.29 is 9.72 Å². The van der Waals surface area contributed by atoms with Crippen molar-refractivity contribution >= 4 is 19.4 Å². The number of rotatable bonds is 4. The number of aromatic nitrogens is 1. The molecule has 6 nitrogen and oxygen atoms in total. The van der Waals surface area contributed by atoms with Gasteiger partial charge >= 0.3 is 0 Å². The molecule has 1 amide bonds. The molecule has 0 aliphatic rings. The van der Waals surface area contributed by atoms with E-state index in [2.05, 4.69) is 5.32 Å². The normalized spacial score (nSPS) is 9.93. The van der Waals surface area contributed by atoms with Crippen molar-refractivity contribution in [3.63, 3.8) is 0 Å². The standard InChI is InChI=1S/C8H10BN3O3/c1-11-5-6(12(14)15)4-7(11)8(13)10-3-2-9/h4-5H,2-3H2,1H3,(H,10,13). The summed E-state index contributed by atoms with van der Waals surface area (Å²) < 4.78 is 1.41. The molecule has 1 aromatic heterocycles. The average molecular weight is 207 g/mol. The van der Waals surface area contributed by atoms with Gasteiger partial charge in [0.2, 0.25) is 0 Å². The van der Waals surface area contributed by atoms with Gasteiger partial charge in [-0.25, -0.2) is 0 Å². The van der Waals surface area contributed by atoms with Crippen LogP contribution in [0.4, 0.5) is 5.69 Å². The van der Waals surface area contributed by atoms with E-state index in [-0.39, 0.29) is 17.3 Å². The monoisotopic (exact) mass is 207 g/mol. The molecule has 0 aliphatic carbocycles. The first kappa shape index (κ1) is 11.3. The molecule has 2 radical (unpaired) electrons. The minimum absolute atomic E-state index is 0.101. The van der Waals surface area contributed by atoms with Crippen LogP contribution in [0, 0.1) is 10.1 Å². The Morgan fingerprint density at radius 1 is 1.73 bits per heavy atom. The summed E-state index contributed by atoms with van der Waals surface area (Å²) in [5, 5.41) is 13.0. The smallest absolute Gasteiger partial charge is 0.287 e. The highest BCUT2D eigenvalue weighted by atomic mass is 16.6. The van der Waals surface area contributed by atoms with Crippen molar-refractivity contribution in [2.24, 2.45) is 7.05 Å². The summed E-state index contributed by atoms with van der Waals surface area (Å²) in [7, 11) is 6.79. The zero-order chi connectivity index (χ0) is 11.4. The molecule has 0 fully saturated rings. The first-order valence-electron chi connectivity index (χ1n) is 4.35. The van der Waals surface area contributed by atoms with E-state index in [9.17, 15) is 14.9 Å². The highest BCUT2D eigenvalue weighted by Crippen LogP contribution is 2.14. The number of amides is 1. The summed E-state index contributed by atoms with van der Waals surface area (Å²) in [5.74, 6) is -0.365. The second-order valence-electron chi connectivity index (χ2n) is 3.00. The minimum atomic E-state index is -0.542. The lowest BCUT2D eigenvalue weighted by Crippen LogP contribution is -2.25. The van der Waals surface area contributed by atoms with Gasteiger partial charge in [0, 0.05) is 19.7 Å². The molecule has 0 saturated carbocycles. The van der Waals surface area contributed by atoms with Crippen molar-refractivity contribution in [3.05, 3.63) is 28.1 Å². The van der Waals surface area contributed by atoms with E-state index in [0.29, 0.717) is 12.9 Å². The van der Waals surface area contributed by atoms with Gasteiger partial charge in [0.25, 0.3) is 11.6 Å². The van der Waals surface area contributed by atoms with Gasteiger partial charge in [0.15, 0.2) is 0 Å². The zero-order valence-corrected chi connectivity index (χ0v) is 8.27. The molecule has 1 heterocycles. The Kier molecular flexibility index (Phi) is 3.49. The topological polar surface area (TPSA) is 77.2 Å². The van der Waals surface area contributed by atoms with Gasteiger partial charge < -0.3 is 9.88 Å². The van der Waals surface area contributed by atoms with E-state index < -0.39 is 4.92 Å². The lowest BCUT2D eigenvalue weighted by atomic mass is 10.1. The molecule has 7 heteroatoms. The number of nitrogens with zero attached hydrogens (tertiary/aromatic N) is 2. The fourth-order valence-corrected chi connectivity index (χ4v) is 1.15. The average Bonchev–Trinajstić information content (AvgIpc) is 2.57. The van der Waals surface area contributed by atoms with E-state index in [1.54, 1.807) is 7.05 Å². The summed E-state index contributed by atoms with van der Waals surface area (Å²) >= 11 is 0. The van der Waals surface area contributed by atoms with E-state index in [1.807, 2.05) is 0 Å². The SMILES string of the molecule is [B]CCNC(=O)c1cc([N+](=O)[O-])cn1C. The molecule has 0 aromatic carbocycles. The zero-order valence-electron chi connectivity index (χ0n) is 8.27. The highest BCUT2D eigenvalue weighted by molar-refractivity contribution is 6.08. The molecule has 0 saturated heterocycles. The van der Waals surface area contributed by atoms with Crippen LogP contribution in [-0.2, 0) is 7.05 Å². The Morgan fingerprint density at radius 3 is 2.87 bits per heavy atom. The molecule has 0 bridgehead atoms. The predicted octanol–water partition coefficient (Wildman–Crippen LogP) is 0.250. The predicted molar refractivity (Wildman–Crippen MR) is 55.0 cm³/mol. The third-order valence-corrected chi connectivity index (χ3v) is 1.86. The molecule has 1 rings (SSSR count). The molecule has 0 unspecified atom stereocenters. The number of hydrogen-bond acceptors (Lipinski definition) is 3. The van der Waals surface area contributed by atoms with Crippen LogP contribution >= 0.6 is 0 Å². The number of carbonyl (C=O) groups excluding carboxylic acids is 1. The van der Waals surface area contributed by atoms with Crippen molar-refractivity contribution in [3.8, 4) is 0 Å². The maximum atomic E-state index is 11.5. The molecule has 0 spiro atoms. The summed E-state index contributed by atoms with van der Waals surface area (Å²) in [6.45, 7) is 0.345. The van der Waals surface area contributed by atoms with Crippen molar-refractivity contribution in [2.75, 3.05) is 6.54 Å². The van der Waals surface area contributed by atoms with Crippen LogP contribution in [-0.4, -0.2) is 29.8 Å². The van der Waals surface area contributed by atoms with Crippen molar-refractivity contribution in [2.45, 2.75) is 6.32 Å². The Labute approximate surface area is 87.8 Å². The maximum Gasteiger partial charge on any atom is 0.287 e. The second kappa shape index (κ2) is 4.63. The fraction of sp³-hybridized carbons (Fsp3) is 0.375. The number of carbonyl (C=O) groups is 1. The van der Waals surface area contributed by atoms with E-state index in [4.69, 9.17) is 7.85 Å². The van der Waals surface area contributed by atoms with Crippen LogP contribution in [0.3, 0.4) is 0 Å². The molecule has 0 atom stereocenters. The van der Waals surface area contributed by atoms with Crippen LogP contribution in [0.2, 0.25) is 6.32 Å². The van der Waals surface area contributed by atoms with E-state index >= 15 is 0 Å². The molecule has 78 valence electrons. The van der Waals surface area contributed by atoms with Crippen LogP contribution in [0.15, 0.2) is 12.3 Å². The van der Waals surface area contributed by atoms with Crippen molar-refractivity contribution in [1.82, 2.24) is 9.88 Å². The first-order chi connectivity index (χ1) is 7.06. The van der Waals surface area contributed by atoms with Crippen molar-refractivity contribution in [1.29, 1.82) is 0 Å². The van der Waals surface area contributed by atoms with Crippen LogP contribution in [0.1, 0.15) is 10.5 Å². The molecule has 1 N–H and O–H groups in total. The lowest BCUT2D eigenvalue weighted by Gasteiger charge is -2.03. The fourth-order valence-electron chi connectivity index (χ4n) is 1.15. The lowest BCUT2D eigenvalue weighted by molar-refractivity contribution is -0.384. The molecular formula is C8H10BN3O3. The van der Waals surface area contributed by atoms with Gasteiger partial charge in [-0.2, -0.15) is 0 Å². The number of nitrogens with one attached hydrogen (secondary N) is 1. The molecular weight excluding hydrogens is 197 g/mol. The Bertz CT molecular complexity index is 388. The summed E-state index contributed by atoms with van der Waals surface area (Å²) in [5.41, 5.74) is 0.144.